The highest BCUT2D eigenvalue weighted by atomic mass is 32.1. The van der Waals surface area contributed by atoms with Crippen molar-refractivity contribution in [2.45, 2.75) is 51.8 Å². The third-order valence-electron chi connectivity index (χ3n) is 8.80. The summed E-state index contributed by atoms with van der Waals surface area (Å²) in [5.74, 6) is -0.0679. The first kappa shape index (κ1) is 28.9. The van der Waals surface area contributed by atoms with E-state index in [0.717, 1.165) is 49.0 Å². The number of Topliss-reactive ketones (excluding diaryl/α,β-unsaturated/α-hetero) is 1. The summed E-state index contributed by atoms with van der Waals surface area (Å²) in [6.07, 6.45) is 1.13. The number of thiazole rings is 1. The largest absolute Gasteiger partial charge is 0.363 e. The molecule has 1 aromatic carbocycles. The molecular formula is C30H42N5O4S+. The number of aromatic nitrogens is 1. The highest BCUT2D eigenvalue weighted by Crippen LogP contribution is 2.39. The Labute approximate surface area is 241 Å². The van der Waals surface area contributed by atoms with E-state index >= 15 is 0 Å². The third kappa shape index (κ3) is 5.59. The van der Waals surface area contributed by atoms with Gasteiger partial charge in [0.15, 0.2) is 11.2 Å². The van der Waals surface area contributed by atoms with Gasteiger partial charge in [-0.05, 0) is 37.9 Å². The number of carbonyl (C=O) groups is 3. The molecular weight excluding hydrogens is 526 g/mol. The number of quaternary nitrogens is 1. The molecule has 5 rings (SSSR count). The van der Waals surface area contributed by atoms with Crippen LogP contribution in [-0.4, -0.2) is 104 Å². The number of carbonyl (C=O) groups excluding carboxylic acids is 3. The van der Waals surface area contributed by atoms with E-state index in [1.165, 1.54) is 0 Å². The number of ketones is 1. The van der Waals surface area contributed by atoms with Crippen LogP contribution in [0.4, 0.5) is 5.13 Å². The SMILES string of the molecule is CCC1C[N+](C)(C(=O)C(CC(C)C)NC(=O)c2ccc(-c3csc(N4CCN(C)CC4)n3)cc2)C2C(=O)COC12. The van der Waals surface area contributed by atoms with Crippen LogP contribution in [0.3, 0.4) is 0 Å². The zero-order chi connectivity index (χ0) is 28.6. The summed E-state index contributed by atoms with van der Waals surface area (Å²) in [7, 11) is 3.99. The molecule has 9 nitrogen and oxygen atoms in total. The second-order valence-electron chi connectivity index (χ2n) is 12.2. The Morgan fingerprint density at radius 1 is 1.18 bits per heavy atom. The van der Waals surface area contributed by atoms with Crippen molar-refractivity contribution >= 4 is 34.1 Å². The molecule has 3 fully saturated rings. The summed E-state index contributed by atoms with van der Waals surface area (Å²) in [6, 6.07) is 6.23. The van der Waals surface area contributed by atoms with Gasteiger partial charge in [-0.2, -0.15) is 0 Å². The fourth-order valence-corrected chi connectivity index (χ4v) is 7.38. The van der Waals surface area contributed by atoms with E-state index in [1.807, 2.05) is 33.0 Å². The van der Waals surface area contributed by atoms with E-state index in [2.05, 4.69) is 34.5 Å². The van der Waals surface area contributed by atoms with Gasteiger partial charge in [0.1, 0.15) is 18.8 Å². The van der Waals surface area contributed by atoms with Crippen molar-refractivity contribution in [2.24, 2.45) is 11.8 Å². The van der Waals surface area contributed by atoms with Gasteiger partial charge in [0.05, 0.1) is 19.3 Å². The number of ether oxygens (including phenoxy) is 1. The molecule has 1 N–H and O–H groups in total. The summed E-state index contributed by atoms with van der Waals surface area (Å²) in [5.41, 5.74) is 2.34. The normalized spacial score (nSPS) is 27.7. The maximum absolute atomic E-state index is 14.0. The summed E-state index contributed by atoms with van der Waals surface area (Å²) in [5, 5.41) is 6.11. The molecule has 0 saturated carbocycles. The highest BCUT2D eigenvalue weighted by Gasteiger charge is 2.62. The number of fused-ring (bicyclic) bond motifs is 1. The van der Waals surface area contributed by atoms with E-state index in [9.17, 15) is 14.4 Å². The average molecular weight is 569 g/mol. The van der Waals surface area contributed by atoms with Crippen molar-refractivity contribution in [3.8, 4) is 11.3 Å². The Bertz CT molecular complexity index is 1240. The van der Waals surface area contributed by atoms with Gasteiger partial charge in [-0.15, -0.1) is 11.3 Å². The number of rotatable bonds is 8. The Balaban J connectivity index is 1.29. The molecule has 1 aromatic heterocycles. The highest BCUT2D eigenvalue weighted by molar-refractivity contribution is 7.14. The van der Waals surface area contributed by atoms with Crippen LogP contribution in [0.15, 0.2) is 29.6 Å². The monoisotopic (exact) mass is 568 g/mol. The fourth-order valence-electron chi connectivity index (χ4n) is 6.49. The van der Waals surface area contributed by atoms with Crippen LogP contribution < -0.4 is 10.2 Å². The molecule has 3 aliphatic rings. The maximum Gasteiger partial charge on any atom is 0.336 e. The minimum atomic E-state index is -0.688. The Morgan fingerprint density at radius 3 is 2.52 bits per heavy atom. The molecule has 10 heteroatoms. The molecule has 0 aliphatic carbocycles. The summed E-state index contributed by atoms with van der Waals surface area (Å²) in [4.78, 5) is 49.7. The Hall–Kier alpha value is -2.66. The van der Waals surface area contributed by atoms with Gasteiger partial charge >= 0.3 is 5.91 Å². The predicted molar refractivity (Wildman–Crippen MR) is 156 cm³/mol. The van der Waals surface area contributed by atoms with Crippen LogP contribution in [0.25, 0.3) is 11.3 Å². The van der Waals surface area contributed by atoms with Gasteiger partial charge in [0, 0.05) is 48.6 Å². The topological polar surface area (TPSA) is 91.8 Å². The molecule has 5 atom stereocenters. The second-order valence-corrected chi connectivity index (χ2v) is 13.0. The first-order valence-electron chi connectivity index (χ1n) is 14.4. The predicted octanol–water partition coefficient (Wildman–Crippen LogP) is 3.06. The lowest BCUT2D eigenvalue weighted by Gasteiger charge is -2.35. The van der Waals surface area contributed by atoms with E-state index in [4.69, 9.17) is 9.72 Å². The minimum Gasteiger partial charge on any atom is -0.363 e. The van der Waals surface area contributed by atoms with Gasteiger partial charge < -0.3 is 19.9 Å². The lowest BCUT2D eigenvalue weighted by molar-refractivity contribution is -0.840. The number of likely N-dealkylation sites (N-methyl/N-ethyl adjacent to an activating group) is 2. The quantitative estimate of drug-likeness (QED) is 0.490. The number of anilines is 1. The molecule has 3 saturated heterocycles. The zero-order valence-electron chi connectivity index (χ0n) is 24.3. The molecule has 216 valence electrons. The second kappa shape index (κ2) is 11.7. The first-order chi connectivity index (χ1) is 19.1. The van der Waals surface area contributed by atoms with E-state index in [0.29, 0.717) is 18.5 Å². The summed E-state index contributed by atoms with van der Waals surface area (Å²) < 4.78 is 5.82. The lowest BCUT2D eigenvalue weighted by atomic mass is 9.98. The molecule has 4 heterocycles. The molecule has 2 aromatic rings. The minimum absolute atomic E-state index is 0.00191. The van der Waals surface area contributed by atoms with Crippen LogP contribution >= 0.6 is 11.3 Å². The fraction of sp³-hybridized carbons (Fsp3) is 0.600. The molecule has 0 bridgehead atoms. The number of hydrogen-bond acceptors (Lipinski definition) is 8. The number of likely N-dealkylation sites (tertiary alicyclic amines) is 1. The van der Waals surface area contributed by atoms with Gasteiger partial charge in [0.25, 0.3) is 5.91 Å². The number of amides is 2. The molecule has 40 heavy (non-hydrogen) atoms. The number of hydrogen-bond donors (Lipinski definition) is 1. The molecule has 2 amide bonds. The van der Waals surface area contributed by atoms with Crippen LogP contribution in [0.2, 0.25) is 0 Å². The maximum atomic E-state index is 14.0. The van der Waals surface area contributed by atoms with Gasteiger partial charge in [-0.3, -0.25) is 9.59 Å². The van der Waals surface area contributed by atoms with Crippen LogP contribution in [-0.2, 0) is 14.3 Å². The Kier molecular flexibility index (Phi) is 8.42. The van der Waals surface area contributed by atoms with Gasteiger partial charge in [-0.1, -0.05) is 32.9 Å². The number of piperazine rings is 1. The Morgan fingerprint density at radius 2 is 1.88 bits per heavy atom. The zero-order valence-corrected chi connectivity index (χ0v) is 25.1. The summed E-state index contributed by atoms with van der Waals surface area (Å²) in [6.45, 7) is 10.8. The first-order valence-corrected chi connectivity index (χ1v) is 15.3. The molecule has 5 unspecified atom stereocenters. The lowest BCUT2D eigenvalue weighted by Crippen LogP contribution is -2.63. The number of nitrogens with one attached hydrogen (secondary N) is 1. The number of nitrogens with zero attached hydrogens (tertiary/aromatic N) is 4. The van der Waals surface area contributed by atoms with Gasteiger partial charge in [-0.25, -0.2) is 14.3 Å². The van der Waals surface area contributed by atoms with Crippen LogP contribution in [0.5, 0.6) is 0 Å². The molecule has 3 aliphatic heterocycles. The van der Waals surface area contributed by atoms with Crippen molar-refractivity contribution in [3.05, 3.63) is 35.2 Å². The van der Waals surface area contributed by atoms with E-state index in [-0.39, 0.29) is 46.6 Å². The molecule has 0 radical (unpaired) electrons. The van der Waals surface area contributed by atoms with Crippen molar-refractivity contribution in [1.29, 1.82) is 0 Å². The number of benzene rings is 1. The van der Waals surface area contributed by atoms with E-state index in [1.54, 1.807) is 23.5 Å². The van der Waals surface area contributed by atoms with Gasteiger partial charge in [0.2, 0.25) is 5.78 Å². The average Bonchev–Trinajstić information content (AvgIpc) is 3.65. The smallest absolute Gasteiger partial charge is 0.336 e. The standard InChI is InChI=1S/C30H41N5O4S/c1-6-20-16-35(5,26-25(36)17-39-27(20)26)29(38)23(15-19(2)3)31-28(37)22-9-7-21(8-10-22)24-18-40-30(32-24)34-13-11-33(4)12-14-34/h7-10,18-20,23,26-27H,6,11-17H2,1-5H3/p+1. The van der Waals surface area contributed by atoms with Crippen LogP contribution in [0, 0.1) is 11.8 Å². The third-order valence-corrected chi connectivity index (χ3v) is 9.70. The van der Waals surface area contributed by atoms with E-state index < -0.39 is 12.1 Å². The van der Waals surface area contributed by atoms with Crippen molar-refractivity contribution < 1.29 is 23.6 Å². The summed E-state index contributed by atoms with van der Waals surface area (Å²) >= 11 is 1.64. The van der Waals surface area contributed by atoms with Crippen molar-refractivity contribution in [3.63, 3.8) is 0 Å². The molecule has 0 spiro atoms. The van der Waals surface area contributed by atoms with Crippen molar-refractivity contribution in [2.75, 3.05) is 58.3 Å². The van der Waals surface area contributed by atoms with Crippen LogP contribution in [0.1, 0.15) is 44.0 Å². The van der Waals surface area contributed by atoms with Crippen molar-refractivity contribution in [1.82, 2.24) is 15.2 Å².